The summed E-state index contributed by atoms with van der Waals surface area (Å²) >= 11 is 0. The van der Waals surface area contributed by atoms with Crippen molar-refractivity contribution in [1.29, 1.82) is 0 Å². The smallest absolute Gasteiger partial charge is 0.0547 e. The van der Waals surface area contributed by atoms with Crippen LogP contribution in [0.4, 0.5) is 0 Å². The zero-order valence-corrected chi connectivity index (χ0v) is 11.3. The molecule has 2 rings (SSSR count). The Morgan fingerprint density at radius 1 is 1.47 bits per heavy atom. The van der Waals surface area contributed by atoms with E-state index in [-0.39, 0.29) is 0 Å². The van der Waals surface area contributed by atoms with Crippen LogP contribution in [-0.4, -0.2) is 16.3 Å². The quantitative estimate of drug-likeness (QED) is 0.869. The third-order valence-corrected chi connectivity index (χ3v) is 4.28. The van der Waals surface area contributed by atoms with E-state index >= 15 is 0 Å². The first-order valence-corrected chi connectivity index (χ1v) is 6.89. The van der Waals surface area contributed by atoms with Gasteiger partial charge in [-0.15, -0.1) is 0 Å². The second kappa shape index (κ2) is 5.67. The second-order valence-corrected chi connectivity index (χ2v) is 5.53. The van der Waals surface area contributed by atoms with Gasteiger partial charge in [0.05, 0.1) is 5.69 Å². The van der Waals surface area contributed by atoms with Gasteiger partial charge in [0.15, 0.2) is 0 Å². The molecule has 3 atom stereocenters. The molecule has 1 aromatic heterocycles. The van der Waals surface area contributed by atoms with E-state index < -0.39 is 0 Å². The predicted octanol–water partition coefficient (Wildman–Crippen LogP) is 2.90. The Bertz CT molecular complexity index is 345. The van der Waals surface area contributed by atoms with Gasteiger partial charge in [-0.05, 0) is 37.8 Å². The maximum absolute atomic E-state index is 4.22. The van der Waals surface area contributed by atoms with Crippen LogP contribution in [-0.2, 0) is 7.05 Å². The van der Waals surface area contributed by atoms with Crippen LogP contribution in [0.15, 0.2) is 12.3 Å². The van der Waals surface area contributed by atoms with Crippen LogP contribution in [0.25, 0.3) is 0 Å². The van der Waals surface area contributed by atoms with Crippen LogP contribution in [0.2, 0.25) is 0 Å². The van der Waals surface area contributed by atoms with Gasteiger partial charge in [-0.2, -0.15) is 5.10 Å². The first-order chi connectivity index (χ1) is 8.18. The Kier molecular flexibility index (Phi) is 4.21. The molecule has 1 fully saturated rings. The highest BCUT2D eigenvalue weighted by Crippen LogP contribution is 2.29. The van der Waals surface area contributed by atoms with E-state index in [1.54, 1.807) is 0 Å². The zero-order chi connectivity index (χ0) is 12.3. The molecule has 0 aromatic carbocycles. The van der Waals surface area contributed by atoms with Crippen LogP contribution in [0.1, 0.15) is 51.3 Å². The van der Waals surface area contributed by atoms with Crippen molar-refractivity contribution in [2.45, 2.75) is 45.6 Å². The number of nitrogens with zero attached hydrogens (tertiary/aromatic N) is 2. The van der Waals surface area contributed by atoms with Crippen molar-refractivity contribution in [3.05, 3.63) is 18.0 Å². The molecular weight excluding hydrogens is 210 g/mol. The lowest BCUT2D eigenvalue weighted by Crippen LogP contribution is -2.31. The van der Waals surface area contributed by atoms with Gasteiger partial charge in [0.2, 0.25) is 0 Å². The maximum Gasteiger partial charge on any atom is 0.0547 e. The van der Waals surface area contributed by atoms with Crippen molar-refractivity contribution in [3.63, 3.8) is 0 Å². The molecule has 1 aromatic rings. The van der Waals surface area contributed by atoms with Crippen LogP contribution >= 0.6 is 0 Å². The molecular formula is C14H25N3. The topological polar surface area (TPSA) is 29.9 Å². The fraction of sp³-hybridized carbons (Fsp3) is 0.786. The lowest BCUT2D eigenvalue weighted by molar-refractivity contribution is 0.241. The third-order valence-electron chi connectivity index (χ3n) is 4.28. The summed E-state index contributed by atoms with van der Waals surface area (Å²) in [5.41, 5.74) is 1.27. The minimum absolute atomic E-state index is 0.400. The van der Waals surface area contributed by atoms with E-state index in [9.17, 15) is 0 Å². The van der Waals surface area contributed by atoms with E-state index in [0.29, 0.717) is 6.04 Å². The molecule has 17 heavy (non-hydrogen) atoms. The molecule has 1 heterocycles. The van der Waals surface area contributed by atoms with Gasteiger partial charge in [-0.1, -0.05) is 26.2 Å². The van der Waals surface area contributed by atoms with E-state index in [1.165, 1.54) is 31.4 Å². The molecule has 3 unspecified atom stereocenters. The summed E-state index contributed by atoms with van der Waals surface area (Å²) in [6, 6.07) is 2.50. The molecule has 0 amide bonds. The third kappa shape index (κ3) is 3.09. The zero-order valence-electron chi connectivity index (χ0n) is 11.3. The van der Waals surface area contributed by atoms with Gasteiger partial charge >= 0.3 is 0 Å². The molecule has 0 aliphatic heterocycles. The van der Waals surface area contributed by atoms with Crippen LogP contribution in [0.3, 0.4) is 0 Å². The monoisotopic (exact) mass is 235 g/mol. The fourth-order valence-corrected chi connectivity index (χ4v) is 2.94. The molecule has 1 N–H and O–H groups in total. The van der Waals surface area contributed by atoms with Crippen molar-refractivity contribution < 1.29 is 0 Å². The van der Waals surface area contributed by atoms with Gasteiger partial charge in [-0.25, -0.2) is 0 Å². The number of nitrogens with one attached hydrogen (secondary N) is 1. The van der Waals surface area contributed by atoms with Gasteiger partial charge in [0, 0.05) is 19.3 Å². The molecule has 3 nitrogen and oxygen atoms in total. The lowest BCUT2D eigenvalue weighted by atomic mass is 9.80. The summed E-state index contributed by atoms with van der Waals surface area (Å²) in [6.07, 6.45) is 7.52. The van der Waals surface area contributed by atoms with Crippen LogP contribution < -0.4 is 5.32 Å². The average Bonchev–Trinajstić information content (AvgIpc) is 2.74. The molecule has 3 heteroatoms. The largest absolute Gasteiger partial charge is 0.309 e. The van der Waals surface area contributed by atoms with Crippen molar-refractivity contribution >= 4 is 0 Å². The summed E-state index contributed by atoms with van der Waals surface area (Å²) in [5.74, 6) is 1.74. The first-order valence-electron chi connectivity index (χ1n) is 6.89. The van der Waals surface area contributed by atoms with Gasteiger partial charge in [0.25, 0.3) is 0 Å². The molecule has 1 aliphatic rings. The molecule has 0 bridgehead atoms. The van der Waals surface area contributed by atoms with Gasteiger partial charge in [0.1, 0.15) is 0 Å². The second-order valence-electron chi connectivity index (χ2n) is 5.53. The van der Waals surface area contributed by atoms with Crippen molar-refractivity contribution in [2.75, 3.05) is 6.54 Å². The predicted molar refractivity (Wildman–Crippen MR) is 70.7 cm³/mol. The minimum Gasteiger partial charge on any atom is -0.309 e. The number of hydrogen-bond acceptors (Lipinski definition) is 2. The maximum atomic E-state index is 4.22. The molecule has 96 valence electrons. The van der Waals surface area contributed by atoms with Crippen LogP contribution in [0.5, 0.6) is 0 Å². The van der Waals surface area contributed by atoms with Crippen molar-refractivity contribution in [1.82, 2.24) is 15.1 Å². The fourth-order valence-electron chi connectivity index (χ4n) is 2.94. The minimum atomic E-state index is 0.400. The van der Waals surface area contributed by atoms with Crippen molar-refractivity contribution in [2.24, 2.45) is 18.9 Å². The van der Waals surface area contributed by atoms with Gasteiger partial charge < -0.3 is 5.32 Å². The Morgan fingerprint density at radius 2 is 2.24 bits per heavy atom. The molecule has 0 radical (unpaired) electrons. The van der Waals surface area contributed by atoms with Crippen LogP contribution in [0, 0.1) is 11.8 Å². The summed E-state index contributed by atoms with van der Waals surface area (Å²) < 4.78 is 1.96. The normalized spacial score (nSPS) is 27.0. The van der Waals surface area contributed by atoms with E-state index in [0.717, 1.165) is 18.4 Å². The number of hydrogen-bond donors (Lipinski definition) is 1. The molecule has 0 spiro atoms. The van der Waals surface area contributed by atoms with E-state index in [2.05, 4.69) is 30.3 Å². The standard InChI is InChI=1S/C14H25N3/c1-11-6-4-5-7-13(11)10-15-12(2)14-8-9-16-17(14)3/h8-9,11-13,15H,4-7,10H2,1-3H3. The first kappa shape index (κ1) is 12.6. The summed E-state index contributed by atoms with van der Waals surface area (Å²) in [4.78, 5) is 0. The number of rotatable bonds is 4. The molecule has 1 saturated carbocycles. The average molecular weight is 235 g/mol. The van der Waals surface area contributed by atoms with E-state index in [4.69, 9.17) is 0 Å². The highest BCUT2D eigenvalue weighted by molar-refractivity contribution is 5.05. The summed E-state index contributed by atoms with van der Waals surface area (Å²) in [5, 5.41) is 7.89. The Hall–Kier alpha value is -0.830. The van der Waals surface area contributed by atoms with E-state index in [1.807, 2.05) is 17.9 Å². The molecule has 0 saturated heterocycles. The highest BCUT2D eigenvalue weighted by Gasteiger charge is 2.21. The Labute approximate surface area is 105 Å². The highest BCUT2D eigenvalue weighted by atomic mass is 15.3. The lowest BCUT2D eigenvalue weighted by Gasteiger charge is -2.30. The van der Waals surface area contributed by atoms with Crippen molar-refractivity contribution in [3.8, 4) is 0 Å². The Morgan fingerprint density at radius 3 is 2.88 bits per heavy atom. The van der Waals surface area contributed by atoms with Gasteiger partial charge in [-0.3, -0.25) is 4.68 Å². The summed E-state index contributed by atoms with van der Waals surface area (Å²) in [7, 11) is 2.01. The SMILES string of the molecule is CC(NCC1CCCCC1C)c1ccnn1C. The number of aryl methyl sites for hydroxylation is 1. The summed E-state index contributed by atoms with van der Waals surface area (Å²) in [6.45, 7) is 5.78. The number of aromatic nitrogens is 2. The Balaban J connectivity index is 1.83. The molecule has 1 aliphatic carbocycles.